The highest BCUT2D eigenvalue weighted by atomic mass is 32.2. The fourth-order valence-electron chi connectivity index (χ4n) is 0.981. The van der Waals surface area contributed by atoms with E-state index in [1.807, 2.05) is 26.2 Å². The highest BCUT2D eigenvalue weighted by Crippen LogP contribution is 2.18. The molecule has 0 aromatic heterocycles. The number of aryl methyl sites for hydroxylation is 1. The third kappa shape index (κ3) is 4.01. The number of nitrogens with one attached hydrogen (secondary N) is 1. The number of rotatable bonds is 3. The van der Waals surface area contributed by atoms with Crippen LogP contribution in [0.25, 0.3) is 0 Å². The lowest BCUT2D eigenvalue weighted by Crippen LogP contribution is -1.91. The van der Waals surface area contributed by atoms with Crippen molar-refractivity contribution >= 4 is 17.6 Å². The van der Waals surface area contributed by atoms with Gasteiger partial charge in [0.2, 0.25) is 0 Å². The minimum Gasteiger partial charge on any atom is -0.328 e. The molecule has 0 aliphatic rings. The van der Waals surface area contributed by atoms with Crippen LogP contribution in [-0.2, 0) is 6.42 Å². The molecule has 0 aliphatic carbocycles. The SMILES string of the molecule is CC.CCc1ccc(F)c(NSC)c1. The van der Waals surface area contributed by atoms with Crippen LogP contribution in [0.2, 0.25) is 0 Å². The molecule has 0 spiro atoms. The summed E-state index contributed by atoms with van der Waals surface area (Å²) in [6, 6.07) is 5.14. The molecule has 0 atom stereocenters. The van der Waals surface area contributed by atoms with Crippen molar-refractivity contribution < 1.29 is 4.39 Å². The molecule has 1 aromatic carbocycles. The van der Waals surface area contributed by atoms with E-state index < -0.39 is 0 Å². The molecule has 3 heteroatoms. The molecule has 1 nitrogen and oxygen atoms in total. The molecule has 0 heterocycles. The zero-order valence-corrected chi connectivity index (χ0v) is 10.0. The topological polar surface area (TPSA) is 12.0 Å². The summed E-state index contributed by atoms with van der Waals surface area (Å²) in [5.41, 5.74) is 1.72. The average Bonchev–Trinajstić information content (AvgIpc) is 2.24. The molecule has 1 aromatic rings. The molecule has 0 aliphatic heterocycles. The van der Waals surface area contributed by atoms with Gasteiger partial charge in [-0.25, -0.2) is 4.39 Å². The lowest BCUT2D eigenvalue weighted by Gasteiger charge is -2.05. The van der Waals surface area contributed by atoms with E-state index in [-0.39, 0.29) is 5.82 Å². The van der Waals surface area contributed by atoms with E-state index in [1.54, 1.807) is 6.07 Å². The normalized spacial score (nSPS) is 8.93. The van der Waals surface area contributed by atoms with Crippen LogP contribution < -0.4 is 4.72 Å². The van der Waals surface area contributed by atoms with Crippen LogP contribution in [-0.4, -0.2) is 6.26 Å². The van der Waals surface area contributed by atoms with Gasteiger partial charge in [-0.15, -0.1) is 0 Å². The van der Waals surface area contributed by atoms with Crippen molar-refractivity contribution in [1.29, 1.82) is 0 Å². The molecule has 0 bridgehead atoms. The maximum absolute atomic E-state index is 13.0. The summed E-state index contributed by atoms with van der Waals surface area (Å²) in [6.45, 7) is 6.05. The maximum atomic E-state index is 13.0. The largest absolute Gasteiger partial charge is 0.328 e. The van der Waals surface area contributed by atoms with Crippen molar-refractivity contribution in [2.45, 2.75) is 27.2 Å². The summed E-state index contributed by atoms with van der Waals surface area (Å²) >= 11 is 1.40. The molecule has 0 saturated heterocycles. The van der Waals surface area contributed by atoms with Gasteiger partial charge in [0.1, 0.15) is 5.82 Å². The Hall–Kier alpha value is -0.700. The molecule has 0 fully saturated rings. The summed E-state index contributed by atoms with van der Waals surface area (Å²) in [4.78, 5) is 0. The second-order valence-corrected chi connectivity index (χ2v) is 3.09. The predicted molar refractivity (Wildman–Crippen MR) is 64.3 cm³/mol. The molecule has 1 N–H and O–H groups in total. The van der Waals surface area contributed by atoms with Crippen molar-refractivity contribution in [3.05, 3.63) is 29.6 Å². The average molecular weight is 215 g/mol. The molecule has 14 heavy (non-hydrogen) atoms. The van der Waals surface area contributed by atoms with E-state index in [9.17, 15) is 4.39 Å². The molecular weight excluding hydrogens is 197 g/mol. The van der Waals surface area contributed by atoms with Gasteiger partial charge in [0.15, 0.2) is 0 Å². The minimum absolute atomic E-state index is 0.193. The van der Waals surface area contributed by atoms with Gasteiger partial charge in [-0.2, -0.15) is 0 Å². The van der Waals surface area contributed by atoms with E-state index in [4.69, 9.17) is 0 Å². The zero-order chi connectivity index (χ0) is 11.0. The molecule has 0 radical (unpaired) electrons. The number of halogens is 1. The van der Waals surface area contributed by atoms with Gasteiger partial charge in [-0.1, -0.05) is 38.8 Å². The highest BCUT2D eigenvalue weighted by molar-refractivity contribution is 7.99. The summed E-state index contributed by atoms with van der Waals surface area (Å²) < 4.78 is 15.9. The monoisotopic (exact) mass is 215 g/mol. The summed E-state index contributed by atoms with van der Waals surface area (Å²) in [5.74, 6) is -0.193. The first-order valence-corrected chi connectivity index (χ1v) is 6.07. The van der Waals surface area contributed by atoms with Crippen LogP contribution in [0.1, 0.15) is 26.3 Å². The Labute approximate surface area is 90.2 Å². The molecular formula is C11H18FNS. The molecule has 0 amide bonds. The second kappa shape index (κ2) is 7.68. The van der Waals surface area contributed by atoms with E-state index >= 15 is 0 Å². The summed E-state index contributed by atoms with van der Waals surface area (Å²) in [5, 5.41) is 0. The Kier molecular flexibility index (Phi) is 7.30. The first-order chi connectivity index (χ1) is 6.77. The van der Waals surface area contributed by atoms with Gasteiger partial charge in [0, 0.05) is 6.26 Å². The van der Waals surface area contributed by atoms with Crippen LogP contribution >= 0.6 is 11.9 Å². The van der Waals surface area contributed by atoms with Crippen molar-refractivity contribution in [2.24, 2.45) is 0 Å². The van der Waals surface area contributed by atoms with Crippen molar-refractivity contribution in [3.63, 3.8) is 0 Å². The second-order valence-electron chi connectivity index (χ2n) is 2.47. The van der Waals surface area contributed by atoms with Crippen molar-refractivity contribution in [3.8, 4) is 0 Å². The predicted octanol–water partition coefficient (Wildman–Crippen LogP) is 4.10. The Bertz CT molecular complexity index is 263. The lowest BCUT2D eigenvalue weighted by atomic mass is 10.1. The number of anilines is 1. The zero-order valence-electron chi connectivity index (χ0n) is 9.23. The van der Waals surface area contributed by atoms with Crippen LogP contribution in [0.3, 0.4) is 0 Å². The minimum atomic E-state index is -0.193. The van der Waals surface area contributed by atoms with E-state index in [1.165, 1.54) is 18.0 Å². The third-order valence-corrected chi connectivity index (χ3v) is 2.08. The van der Waals surface area contributed by atoms with E-state index in [0.29, 0.717) is 5.69 Å². The van der Waals surface area contributed by atoms with Gasteiger partial charge >= 0.3 is 0 Å². The summed E-state index contributed by atoms with van der Waals surface area (Å²) in [7, 11) is 0. The fourth-order valence-corrected chi connectivity index (χ4v) is 1.36. The maximum Gasteiger partial charge on any atom is 0.147 e. The molecule has 0 saturated carbocycles. The van der Waals surface area contributed by atoms with Crippen molar-refractivity contribution in [1.82, 2.24) is 0 Å². The van der Waals surface area contributed by atoms with E-state index in [0.717, 1.165) is 12.0 Å². The third-order valence-electron chi connectivity index (χ3n) is 1.65. The fraction of sp³-hybridized carbons (Fsp3) is 0.455. The van der Waals surface area contributed by atoms with Crippen LogP contribution in [0.15, 0.2) is 18.2 Å². The molecule has 1 rings (SSSR count). The van der Waals surface area contributed by atoms with Gasteiger partial charge < -0.3 is 4.72 Å². The Balaban J connectivity index is 0.000000791. The van der Waals surface area contributed by atoms with Crippen molar-refractivity contribution in [2.75, 3.05) is 11.0 Å². The van der Waals surface area contributed by atoms with E-state index in [2.05, 4.69) is 11.6 Å². The Morgan fingerprint density at radius 1 is 1.36 bits per heavy atom. The molecule has 0 unspecified atom stereocenters. The first-order valence-electron chi connectivity index (χ1n) is 4.85. The number of hydrogen-bond donors (Lipinski definition) is 1. The smallest absolute Gasteiger partial charge is 0.147 e. The number of benzene rings is 1. The summed E-state index contributed by atoms with van der Waals surface area (Å²) in [6.07, 6.45) is 2.81. The Morgan fingerprint density at radius 2 is 2.00 bits per heavy atom. The number of hydrogen-bond acceptors (Lipinski definition) is 2. The van der Waals surface area contributed by atoms with Gasteiger partial charge in [-0.3, -0.25) is 0 Å². The van der Waals surface area contributed by atoms with Gasteiger partial charge in [0.25, 0.3) is 0 Å². The van der Waals surface area contributed by atoms with Crippen LogP contribution in [0, 0.1) is 5.82 Å². The Morgan fingerprint density at radius 3 is 2.50 bits per heavy atom. The quantitative estimate of drug-likeness (QED) is 0.762. The van der Waals surface area contributed by atoms with Gasteiger partial charge in [0.05, 0.1) is 5.69 Å². The first kappa shape index (κ1) is 13.3. The standard InChI is InChI=1S/C9H12FNS.C2H6/c1-3-7-4-5-8(10)9(6-7)11-12-2;1-2/h4-6,11H,3H2,1-2H3;1-2H3. The van der Waals surface area contributed by atoms with Crippen LogP contribution in [0.5, 0.6) is 0 Å². The van der Waals surface area contributed by atoms with Crippen LogP contribution in [0.4, 0.5) is 10.1 Å². The van der Waals surface area contributed by atoms with Gasteiger partial charge in [-0.05, 0) is 24.1 Å². The highest BCUT2D eigenvalue weighted by Gasteiger charge is 2.00. The molecule has 80 valence electrons. The lowest BCUT2D eigenvalue weighted by molar-refractivity contribution is 0.632.